The summed E-state index contributed by atoms with van der Waals surface area (Å²) in [4.78, 5) is 11.4. The quantitative estimate of drug-likeness (QED) is 0.821. The molecule has 1 aliphatic heterocycles. The molecular formula is C15H26N4O2. The van der Waals surface area contributed by atoms with Crippen LogP contribution in [0.25, 0.3) is 0 Å². The Kier molecular flexibility index (Phi) is 5.90. The molecule has 2 rings (SSSR count). The number of likely N-dealkylation sites (tertiary alicyclic amines) is 1. The second-order valence-corrected chi connectivity index (χ2v) is 5.48. The van der Waals surface area contributed by atoms with Gasteiger partial charge >= 0.3 is 0 Å². The van der Waals surface area contributed by atoms with Crippen molar-refractivity contribution in [1.82, 2.24) is 14.9 Å². The fourth-order valence-corrected chi connectivity index (χ4v) is 2.64. The molecule has 2 unspecified atom stereocenters. The molecule has 0 amide bonds. The molecule has 1 aliphatic rings. The molecular weight excluding hydrogens is 268 g/mol. The van der Waals surface area contributed by atoms with Gasteiger partial charge in [0.2, 0.25) is 0 Å². The highest BCUT2D eigenvalue weighted by atomic mass is 16.5. The molecule has 1 aromatic rings. The Morgan fingerprint density at radius 1 is 1.24 bits per heavy atom. The lowest BCUT2D eigenvalue weighted by atomic mass is 10.3. The second kappa shape index (κ2) is 7.68. The number of aryl methyl sites for hydroxylation is 1. The predicted octanol–water partition coefficient (Wildman–Crippen LogP) is 1.45. The van der Waals surface area contributed by atoms with Gasteiger partial charge in [-0.05, 0) is 13.3 Å². The first-order valence-electron chi connectivity index (χ1n) is 7.52. The van der Waals surface area contributed by atoms with E-state index in [9.17, 15) is 0 Å². The monoisotopic (exact) mass is 294 g/mol. The highest BCUT2D eigenvalue weighted by Gasteiger charge is 2.33. The van der Waals surface area contributed by atoms with E-state index in [4.69, 9.17) is 9.47 Å². The van der Waals surface area contributed by atoms with E-state index in [1.54, 1.807) is 14.2 Å². The number of anilines is 1. The van der Waals surface area contributed by atoms with Gasteiger partial charge in [-0.2, -0.15) is 0 Å². The maximum absolute atomic E-state index is 5.46. The maximum atomic E-state index is 5.46. The molecule has 0 radical (unpaired) electrons. The Hall–Kier alpha value is -1.24. The first-order valence-corrected chi connectivity index (χ1v) is 7.52. The third-order valence-electron chi connectivity index (χ3n) is 3.72. The van der Waals surface area contributed by atoms with Crippen molar-refractivity contribution in [3.8, 4) is 0 Å². The average molecular weight is 294 g/mol. The number of hydrogen-bond acceptors (Lipinski definition) is 6. The SMILES string of the molecule is CCCNc1cc(C)nc(CN2CC(OC)C(OC)C2)n1. The molecule has 1 aromatic heterocycles. The number of nitrogens with one attached hydrogen (secondary N) is 1. The molecule has 118 valence electrons. The number of rotatable bonds is 7. The fourth-order valence-electron chi connectivity index (χ4n) is 2.64. The Bertz CT molecular complexity index is 443. The summed E-state index contributed by atoms with van der Waals surface area (Å²) in [5, 5.41) is 3.32. The van der Waals surface area contributed by atoms with Crippen LogP contribution in [0.1, 0.15) is 24.9 Å². The summed E-state index contributed by atoms with van der Waals surface area (Å²) >= 11 is 0. The zero-order valence-corrected chi connectivity index (χ0v) is 13.4. The smallest absolute Gasteiger partial charge is 0.144 e. The normalized spacial score (nSPS) is 22.7. The van der Waals surface area contributed by atoms with Crippen LogP contribution in [0, 0.1) is 6.92 Å². The third-order valence-corrected chi connectivity index (χ3v) is 3.72. The Morgan fingerprint density at radius 3 is 2.48 bits per heavy atom. The molecule has 0 saturated carbocycles. The van der Waals surface area contributed by atoms with E-state index in [1.165, 1.54) is 0 Å². The van der Waals surface area contributed by atoms with Crippen LogP contribution in [-0.2, 0) is 16.0 Å². The van der Waals surface area contributed by atoms with Gasteiger partial charge in [0.05, 0.1) is 18.8 Å². The lowest BCUT2D eigenvalue weighted by Gasteiger charge is -2.15. The van der Waals surface area contributed by atoms with Gasteiger partial charge in [-0.15, -0.1) is 0 Å². The van der Waals surface area contributed by atoms with Crippen LogP contribution in [-0.4, -0.2) is 60.9 Å². The lowest BCUT2D eigenvalue weighted by Crippen LogP contribution is -2.27. The van der Waals surface area contributed by atoms with Crippen molar-refractivity contribution >= 4 is 5.82 Å². The molecule has 0 spiro atoms. The van der Waals surface area contributed by atoms with Crippen molar-refractivity contribution in [2.45, 2.75) is 39.0 Å². The van der Waals surface area contributed by atoms with Gasteiger partial charge in [0, 0.05) is 45.6 Å². The summed E-state index contributed by atoms with van der Waals surface area (Å²) in [5.41, 5.74) is 0.990. The molecule has 6 nitrogen and oxygen atoms in total. The average Bonchev–Trinajstić information content (AvgIpc) is 2.86. The molecule has 1 N–H and O–H groups in total. The van der Waals surface area contributed by atoms with Crippen molar-refractivity contribution in [1.29, 1.82) is 0 Å². The number of aromatic nitrogens is 2. The Morgan fingerprint density at radius 2 is 1.90 bits per heavy atom. The van der Waals surface area contributed by atoms with Gasteiger partial charge in [0.1, 0.15) is 11.6 Å². The van der Waals surface area contributed by atoms with Gasteiger partial charge in [-0.1, -0.05) is 6.92 Å². The molecule has 21 heavy (non-hydrogen) atoms. The first kappa shape index (κ1) is 16.1. The summed E-state index contributed by atoms with van der Waals surface area (Å²) in [6, 6.07) is 1.99. The largest absolute Gasteiger partial charge is 0.377 e. The third kappa shape index (κ3) is 4.36. The molecule has 2 atom stereocenters. The zero-order chi connectivity index (χ0) is 15.2. The highest BCUT2D eigenvalue weighted by molar-refractivity contribution is 5.35. The molecule has 0 aromatic carbocycles. The summed E-state index contributed by atoms with van der Waals surface area (Å²) in [6.45, 7) is 7.50. The first-order chi connectivity index (χ1) is 10.2. The van der Waals surface area contributed by atoms with E-state index < -0.39 is 0 Å². The topological polar surface area (TPSA) is 59.5 Å². The molecule has 0 aliphatic carbocycles. The van der Waals surface area contributed by atoms with Gasteiger partial charge in [-0.25, -0.2) is 9.97 Å². The fraction of sp³-hybridized carbons (Fsp3) is 0.733. The minimum absolute atomic E-state index is 0.123. The van der Waals surface area contributed by atoms with E-state index in [1.807, 2.05) is 13.0 Å². The lowest BCUT2D eigenvalue weighted by molar-refractivity contribution is -0.00461. The van der Waals surface area contributed by atoms with Crippen LogP contribution < -0.4 is 5.32 Å². The van der Waals surface area contributed by atoms with Crippen LogP contribution in [0.2, 0.25) is 0 Å². The van der Waals surface area contributed by atoms with Crippen LogP contribution in [0.3, 0.4) is 0 Å². The number of ether oxygens (including phenoxy) is 2. The van der Waals surface area contributed by atoms with Gasteiger partial charge < -0.3 is 14.8 Å². The summed E-state index contributed by atoms with van der Waals surface area (Å²) in [6.07, 6.45) is 1.32. The van der Waals surface area contributed by atoms with E-state index in [0.29, 0.717) is 0 Å². The molecule has 2 heterocycles. The minimum Gasteiger partial charge on any atom is -0.377 e. The second-order valence-electron chi connectivity index (χ2n) is 5.48. The van der Waals surface area contributed by atoms with Crippen LogP contribution in [0.5, 0.6) is 0 Å². The zero-order valence-electron chi connectivity index (χ0n) is 13.4. The van der Waals surface area contributed by atoms with E-state index in [-0.39, 0.29) is 12.2 Å². The van der Waals surface area contributed by atoms with Gasteiger partial charge in [0.15, 0.2) is 0 Å². The van der Waals surface area contributed by atoms with Crippen molar-refractivity contribution in [3.05, 3.63) is 17.6 Å². The van der Waals surface area contributed by atoms with Crippen molar-refractivity contribution < 1.29 is 9.47 Å². The Balaban J connectivity index is 2.01. The molecule has 1 saturated heterocycles. The van der Waals surface area contributed by atoms with Crippen LogP contribution in [0.15, 0.2) is 6.07 Å². The predicted molar refractivity (Wildman–Crippen MR) is 82.4 cm³/mol. The molecule has 0 bridgehead atoms. The maximum Gasteiger partial charge on any atom is 0.144 e. The summed E-state index contributed by atoms with van der Waals surface area (Å²) in [5.74, 6) is 1.75. The van der Waals surface area contributed by atoms with Crippen LogP contribution >= 0.6 is 0 Å². The number of nitrogens with zero attached hydrogens (tertiary/aromatic N) is 3. The molecule has 6 heteroatoms. The van der Waals surface area contributed by atoms with Crippen molar-refractivity contribution in [3.63, 3.8) is 0 Å². The van der Waals surface area contributed by atoms with Crippen LogP contribution in [0.4, 0.5) is 5.82 Å². The Labute approximate surface area is 126 Å². The van der Waals surface area contributed by atoms with Gasteiger partial charge in [0.25, 0.3) is 0 Å². The standard InChI is InChI=1S/C15H26N4O2/c1-5-6-16-14-7-11(2)17-15(18-14)10-19-8-12(20-3)13(9-19)21-4/h7,12-13H,5-6,8-10H2,1-4H3,(H,16,17,18). The number of hydrogen-bond donors (Lipinski definition) is 1. The minimum atomic E-state index is 0.123. The molecule has 1 fully saturated rings. The van der Waals surface area contributed by atoms with E-state index >= 15 is 0 Å². The van der Waals surface area contributed by atoms with Crippen molar-refractivity contribution in [2.24, 2.45) is 0 Å². The summed E-state index contributed by atoms with van der Waals surface area (Å²) in [7, 11) is 3.46. The van der Waals surface area contributed by atoms with Crippen molar-refractivity contribution in [2.75, 3.05) is 39.2 Å². The highest BCUT2D eigenvalue weighted by Crippen LogP contribution is 2.18. The summed E-state index contributed by atoms with van der Waals surface area (Å²) < 4.78 is 10.9. The van der Waals surface area contributed by atoms with E-state index in [0.717, 1.165) is 49.9 Å². The van der Waals surface area contributed by atoms with Gasteiger partial charge in [-0.3, -0.25) is 4.90 Å². The van der Waals surface area contributed by atoms with E-state index in [2.05, 4.69) is 27.1 Å². The number of methoxy groups -OCH3 is 2.